The van der Waals surface area contributed by atoms with Gasteiger partial charge in [-0.25, -0.2) is 0 Å². The molecule has 27 heavy (non-hydrogen) atoms. The van der Waals surface area contributed by atoms with Crippen molar-refractivity contribution in [3.8, 4) is 17.2 Å². The summed E-state index contributed by atoms with van der Waals surface area (Å²) in [5.41, 5.74) is 0.494. The van der Waals surface area contributed by atoms with E-state index in [1.807, 2.05) is 6.92 Å². The van der Waals surface area contributed by atoms with Crippen molar-refractivity contribution in [2.24, 2.45) is 0 Å². The predicted octanol–water partition coefficient (Wildman–Crippen LogP) is -0.421. The maximum Gasteiger partial charge on any atom is 0.275 e. The van der Waals surface area contributed by atoms with E-state index in [1.54, 1.807) is 17.0 Å². The fourth-order valence-corrected chi connectivity index (χ4v) is 3.14. The number of nitrogens with zero attached hydrogens (tertiary/aromatic N) is 1. The standard InChI is InChI=1S/C19H29N3O5/c1-5-6-20-17(23)13-21-7-9-22(10-8-21)19(24)14-11-15(25-2)18(27-4)16(12-14)26-3/h11-12H,5-10,13H2,1-4H3,(H,20,23)/p+1. The molecule has 1 fully saturated rings. The van der Waals surface area contributed by atoms with Gasteiger partial charge >= 0.3 is 0 Å². The number of carbonyl (C=O) groups excluding carboxylic acids is 2. The lowest BCUT2D eigenvalue weighted by atomic mass is 10.1. The first-order valence-electron chi connectivity index (χ1n) is 9.23. The van der Waals surface area contributed by atoms with Crippen molar-refractivity contribution in [1.29, 1.82) is 0 Å². The van der Waals surface area contributed by atoms with Crippen LogP contribution in [0.15, 0.2) is 12.1 Å². The number of hydrogen-bond acceptors (Lipinski definition) is 5. The van der Waals surface area contributed by atoms with Gasteiger partial charge in [-0.15, -0.1) is 0 Å². The van der Waals surface area contributed by atoms with Crippen LogP contribution in [0.25, 0.3) is 0 Å². The van der Waals surface area contributed by atoms with Crippen LogP contribution >= 0.6 is 0 Å². The Kier molecular flexibility index (Phi) is 7.72. The second-order valence-corrected chi connectivity index (χ2v) is 6.48. The third-order valence-electron chi connectivity index (χ3n) is 4.65. The van der Waals surface area contributed by atoms with Gasteiger partial charge in [0.15, 0.2) is 18.0 Å². The van der Waals surface area contributed by atoms with Crippen LogP contribution in [-0.2, 0) is 4.79 Å². The Balaban J connectivity index is 2.00. The zero-order valence-electron chi connectivity index (χ0n) is 16.6. The molecule has 8 nitrogen and oxygen atoms in total. The maximum absolute atomic E-state index is 12.9. The fraction of sp³-hybridized carbons (Fsp3) is 0.579. The molecule has 1 aromatic carbocycles. The number of hydrogen-bond donors (Lipinski definition) is 2. The van der Waals surface area contributed by atoms with Crippen molar-refractivity contribution in [1.82, 2.24) is 10.2 Å². The summed E-state index contributed by atoms with van der Waals surface area (Å²) in [5, 5.41) is 2.90. The number of carbonyl (C=O) groups is 2. The minimum absolute atomic E-state index is 0.0660. The first kappa shape index (κ1) is 20.8. The highest BCUT2D eigenvalue weighted by Gasteiger charge is 2.27. The molecule has 1 aromatic rings. The van der Waals surface area contributed by atoms with Crippen molar-refractivity contribution in [2.45, 2.75) is 13.3 Å². The van der Waals surface area contributed by atoms with Crippen molar-refractivity contribution in [2.75, 3.05) is 60.6 Å². The number of piperazine rings is 1. The molecular weight excluding hydrogens is 350 g/mol. The Labute approximate surface area is 160 Å². The second kappa shape index (κ2) is 10.0. The zero-order chi connectivity index (χ0) is 19.8. The highest BCUT2D eigenvalue weighted by Crippen LogP contribution is 2.38. The lowest BCUT2D eigenvalue weighted by Crippen LogP contribution is -3.15. The van der Waals surface area contributed by atoms with Crippen LogP contribution in [0.2, 0.25) is 0 Å². The lowest BCUT2D eigenvalue weighted by molar-refractivity contribution is -0.896. The van der Waals surface area contributed by atoms with E-state index in [1.165, 1.54) is 26.2 Å². The van der Waals surface area contributed by atoms with Crippen molar-refractivity contribution >= 4 is 11.8 Å². The van der Waals surface area contributed by atoms with Gasteiger partial charge < -0.3 is 29.3 Å². The summed E-state index contributed by atoms with van der Waals surface area (Å²) in [6, 6.07) is 3.34. The smallest absolute Gasteiger partial charge is 0.275 e. The van der Waals surface area contributed by atoms with Crippen LogP contribution in [0.4, 0.5) is 0 Å². The molecule has 0 atom stereocenters. The molecular formula is C19H30N3O5+. The van der Waals surface area contributed by atoms with Gasteiger partial charge in [0.2, 0.25) is 5.75 Å². The molecule has 0 radical (unpaired) electrons. The van der Waals surface area contributed by atoms with E-state index < -0.39 is 0 Å². The van der Waals surface area contributed by atoms with E-state index in [0.29, 0.717) is 49.0 Å². The van der Waals surface area contributed by atoms with Gasteiger partial charge in [-0.1, -0.05) is 6.92 Å². The number of quaternary nitrogens is 1. The van der Waals surface area contributed by atoms with E-state index in [4.69, 9.17) is 14.2 Å². The molecule has 2 N–H and O–H groups in total. The van der Waals surface area contributed by atoms with Crippen LogP contribution in [0.3, 0.4) is 0 Å². The average molecular weight is 380 g/mol. The Bertz CT molecular complexity index is 632. The van der Waals surface area contributed by atoms with Crippen LogP contribution in [0.5, 0.6) is 17.2 Å². The number of rotatable bonds is 8. The summed E-state index contributed by atoms with van der Waals surface area (Å²) in [6.07, 6.45) is 0.929. The van der Waals surface area contributed by atoms with Crippen LogP contribution in [0.1, 0.15) is 23.7 Å². The molecule has 0 saturated carbocycles. The minimum Gasteiger partial charge on any atom is -0.493 e. The summed E-state index contributed by atoms with van der Waals surface area (Å²) in [5.74, 6) is 1.36. The number of amides is 2. The summed E-state index contributed by atoms with van der Waals surface area (Å²) in [6.45, 7) is 5.88. The summed E-state index contributed by atoms with van der Waals surface area (Å²) in [4.78, 5) is 27.7. The molecule has 8 heteroatoms. The van der Waals surface area contributed by atoms with Crippen molar-refractivity contribution < 1.29 is 28.7 Å². The molecule has 2 amide bonds. The Hall–Kier alpha value is -2.48. The van der Waals surface area contributed by atoms with Crippen LogP contribution in [-0.4, -0.2) is 77.3 Å². The van der Waals surface area contributed by atoms with E-state index in [2.05, 4.69) is 5.32 Å². The first-order valence-corrected chi connectivity index (χ1v) is 9.23. The van der Waals surface area contributed by atoms with Gasteiger partial charge in [0.05, 0.1) is 47.5 Å². The zero-order valence-corrected chi connectivity index (χ0v) is 16.6. The normalized spacial score (nSPS) is 14.6. The van der Waals surface area contributed by atoms with Gasteiger partial charge in [0, 0.05) is 12.1 Å². The second-order valence-electron chi connectivity index (χ2n) is 6.48. The van der Waals surface area contributed by atoms with Crippen molar-refractivity contribution in [3.05, 3.63) is 17.7 Å². The van der Waals surface area contributed by atoms with E-state index in [-0.39, 0.29) is 11.8 Å². The van der Waals surface area contributed by atoms with Gasteiger partial charge in [-0.2, -0.15) is 0 Å². The van der Waals surface area contributed by atoms with E-state index in [0.717, 1.165) is 19.5 Å². The quantitative estimate of drug-likeness (QED) is 0.640. The predicted molar refractivity (Wildman–Crippen MR) is 101 cm³/mol. The van der Waals surface area contributed by atoms with E-state index >= 15 is 0 Å². The Morgan fingerprint density at radius 3 is 2.15 bits per heavy atom. The van der Waals surface area contributed by atoms with Gasteiger partial charge in [0.25, 0.3) is 11.8 Å². The lowest BCUT2D eigenvalue weighted by Gasteiger charge is -2.32. The average Bonchev–Trinajstić information content (AvgIpc) is 2.71. The topological polar surface area (TPSA) is 81.5 Å². The molecule has 0 unspecified atom stereocenters. The van der Waals surface area contributed by atoms with Gasteiger partial charge in [-0.05, 0) is 18.6 Å². The fourth-order valence-electron chi connectivity index (χ4n) is 3.14. The monoisotopic (exact) mass is 380 g/mol. The summed E-state index contributed by atoms with van der Waals surface area (Å²) >= 11 is 0. The maximum atomic E-state index is 12.9. The number of ether oxygens (including phenoxy) is 3. The molecule has 0 spiro atoms. The number of methoxy groups -OCH3 is 3. The minimum atomic E-state index is -0.0799. The molecule has 1 saturated heterocycles. The van der Waals surface area contributed by atoms with E-state index in [9.17, 15) is 9.59 Å². The molecule has 1 heterocycles. The largest absolute Gasteiger partial charge is 0.493 e. The third kappa shape index (κ3) is 5.26. The van der Waals surface area contributed by atoms with Crippen LogP contribution < -0.4 is 24.4 Å². The molecule has 0 aliphatic carbocycles. The molecule has 2 rings (SSSR count). The summed E-state index contributed by atoms with van der Waals surface area (Å²) in [7, 11) is 4.58. The number of nitrogens with one attached hydrogen (secondary N) is 2. The first-order chi connectivity index (χ1) is 13.0. The SMILES string of the molecule is CCCNC(=O)C[NH+]1CCN(C(=O)c2cc(OC)c(OC)c(OC)c2)CC1. The Morgan fingerprint density at radius 2 is 1.67 bits per heavy atom. The molecule has 1 aliphatic heterocycles. The molecule has 1 aliphatic rings. The summed E-state index contributed by atoms with van der Waals surface area (Å²) < 4.78 is 16.0. The van der Waals surface area contributed by atoms with Gasteiger partial charge in [0.1, 0.15) is 0 Å². The van der Waals surface area contributed by atoms with Crippen molar-refractivity contribution in [3.63, 3.8) is 0 Å². The molecule has 0 aromatic heterocycles. The molecule has 150 valence electrons. The van der Waals surface area contributed by atoms with Crippen LogP contribution in [0, 0.1) is 0 Å². The number of benzene rings is 1. The Morgan fingerprint density at radius 1 is 1.07 bits per heavy atom. The highest BCUT2D eigenvalue weighted by molar-refractivity contribution is 5.95. The highest BCUT2D eigenvalue weighted by atomic mass is 16.5. The third-order valence-corrected chi connectivity index (χ3v) is 4.65. The van der Waals surface area contributed by atoms with Gasteiger partial charge in [-0.3, -0.25) is 9.59 Å². The molecule has 0 bridgehead atoms.